The molecule has 15 heavy (non-hydrogen) atoms. The largest absolute Gasteiger partial charge is 0.378 e. The van der Waals surface area contributed by atoms with Crippen LogP contribution in [-0.4, -0.2) is 25.8 Å². The maximum Gasteiger partial charge on any atom is 0.0551 e. The van der Waals surface area contributed by atoms with Crippen molar-refractivity contribution in [2.24, 2.45) is 5.92 Å². The van der Waals surface area contributed by atoms with E-state index in [2.05, 4.69) is 36.1 Å². The van der Waals surface area contributed by atoms with Crippen molar-refractivity contribution >= 4 is 11.3 Å². The first kappa shape index (κ1) is 11.1. The molecule has 0 spiro atoms. The number of rotatable bonds is 4. The average Bonchev–Trinajstić information content (AvgIpc) is 2.85. The van der Waals surface area contributed by atoms with E-state index in [9.17, 15) is 0 Å². The number of nitrogens with one attached hydrogen (secondary N) is 1. The predicted molar refractivity (Wildman–Crippen MR) is 64.4 cm³/mol. The molecule has 0 bridgehead atoms. The van der Waals surface area contributed by atoms with Crippen molar-refractivity contribution in [2.45, 2.75) is 31.9 Å². The summed E-state index contributed by atoms with van der Waals surface area (Å²) in [6.45, 7) is 3.08. The predicted octanol–water partition coefficient (Wildman–Crippen LogP) is 2.30. The summed E-state index contributed by atoms with van der Waals surface area (Å²) in [4.78, 5) is 0. The van der Waals surface area contributed by atoms with Crippen molar-refractivity contribution in [3.63, 3.8) is 0 Å². The van der Waals surface area contributed by atoms with E-state index in [1.807, 2.05) is 0 Å². The molecular weight excluding hydrogens is 206 g/mol. The van der Waals surface area contributed by atoms with Crippen LogP contribution in [0.1, 0.15) is 18.9 Å². The molecule has 0 amide bonds. The van der Waals surface area contributed by atoms with E-state index in [0.29, 0.717) is 18.1 Å². The average molecular weight is 225 g/mol. The summed E-state index contributed by atoms with van der Waals surface area (Å²) in [7, 11) is 2.06. The van der Waals surface area contributed by atoms with E-state index in [1.54, 1.807) is 11.3 Å². The van der Waals surface area contributed by atoms with Crippen LogP contribution < -0.4 is 5.32 Å². The lowest BCUT2D eigenvalue weighted by Crippen LogP contribution is -2.35. The fourth-order valence-corrected chi connectivity index (χ4v) is 2.98. The minimum absolute atomic E-state index is 0.438. The molecule has 1 aliphatic heterocycles. The summed E-state index contributed by atoms with van der Waals surface area (Å²) in [5, 5.41) is 7.82. The highest BCUT2D eigenvalue weighted by molar-refractivity contribution is 7.07. The Morgan fingerprint density at radius 1 is 1.67 bits per heavy atom. The molecule has 1 N–H and O–H groups in total. The smallest absolute Gasteiger partial charge is 0.0551 e. The van der Waals surface area contributed by atoms with Crippen LogP contribution in [0, 0.1) is 5.92 Å². The highest BCUT2D eigenvalue weighted by Crippen LogP contribution is 2.24. The van der Waals surface area contributed by atoms with Crippen molar-refractivity contribution in [3.8, 4) is 0 Å². The summed E-state index contributed by atoms with van der Waals surface area (Å²) in [6.07, 6.45) is 2.75. The fourth-order valence-electron chi connectivity index (χ4n) is 2.30. The molecule has 1 aromatic heterocycles. The van der Waals surface area contributed by atoms with Gasteiger partial charge in [0.15, 0.2) is 0 Å². The topological polar surface area (TPSA) is 21.3 Å². The molecule has 0 radical (unpaired) electrons. The molecule has 3 heteroatoms. The summed E-state index contributed by atoms with van der Waals surface area (Å²) in [5.41, 5.74) is 1.44. The normalized spacial score (nSPS) is 28.1. The molecule has 3 unspecified atom stereocenters. The van der Waals surface area contributed by atoms with Crippen molar-refractivity contribution in [3.05, 3.63) is 22.4 Å². The second-order valence-electron chi connectivity index (χ2n) is 4.37. The fraction of sp³-hybridized carbons (Fsp3) is 0.667. The molecule has 84 valence electrons. The van der Waals surface area contributed by atoms with Crippen molar-refractivity contribution in [1.82, 2.24) is 5.32 Å². The van der Waals surface area contributed by atoms with Gasteiger partial charge in [0, 0.05) is 12.0 Å². The van der Waals surface area contributed by atoms with Gasteiger partial charge in [-0.3, -0.25) is 0 Å². The number of likely N-dealkylation sites (N-methyl/N-ethyl adjacent to an activating group) is 1. The van der Waals surface area contributed by atoms with Crippen molar-refractivity contribution in [1.29, 1.82) is 0 Å². The highest BCUT2D eigenvalue weighted by Gasteiger charge is 2.28. The Morgan fingerprint density at radius 3 is 3.07 bits per heavy atom. The molecule has 1 saturated heterocycles. The maximum atomic E-state index is 5.63. The van der Waals surface area contributed by atoms with Crippen LogP contribution >= 0.6 is 11.3 Å². The van der Waals surface area contributed by atoms with Gasteiger partial charge in [-0.1, -0.05) is 0 Å². The molecule has 2 heterocycles. The monoisotopic (exact) mass is 225 g/mol. The van der Waals surface area contributed by atoms with Gasteiger partial charge in [0.2, 0.25) is 0 Å². The van der Waals surface area contributed by atoms with Gasteiger partial charge in [-0.05, 0) is 49.2 Å². The van der Waals surface area contributed by atoms with E-state index in [0.717, 1.165) is 13.0 Å². The maximum absolute atomic E-state index is 5.63. The second kappa shape index (κ2) is 5.10. The molecule has 0 aromatic carbocycles. The van der Waals surface area contributed by atoms with Gasteiger partial charge in [0.25, 0.3) is 0 Å². The minimum Gasteiger partial charge on any atom is -0.378 e. The molecule has 1 aliphatic rings. The van der Waals surface area contributed by atoms with Crippen LogP contribution in [0.3, 0.4) is 0 Å². The number of hydrogen-bond acceptors (Lipinski definition) is 3. The lowest BCUT2D eigenvalue weighted by atomic mass is 9.92. The number of thiophene rings is 1. The Balaban J connectivity index is 1.92. The van der Waals surface area contributed by atoms with Gasteiger partial charge < -0.3 is 10.1 Å². The zero-order valence-corrected chi connectivity index (χ0v) is 10.2. The first-order valence-electron chi connectivity index (χ1n) is 5.59. The molecule has 3 atom stereocenters. The summed E-state index contributed by atoms with van der Waals surface area (Å²) in [5.74, 6) is 0.671. The third-order valence-electron chi connectivity index (χ3n) is 3.21. The Hall–Kier alpha value is -0.380. The molecule has 0 aliphatic carbocycles. The standard InChI is InChI=1S/C12H19NOS/c1-9-5-11(7-14-9)12(13-2)6-10-3-4-15-8-10/h3-4,8-9,11-13H,5-7H2,1-2H3. The summed E-state index contributed by atoms with van der Waals surface area (Å²) in [6, 6.07) is 2.78. The molecule has 2 nitrogen and oxygen atoms in total. The first-order valence-corrected chi connectivity index (χ1v) is 6.54. The van der Waals surface area contributed by atoms with E-state index in [4.69, 9.17) is 4.74 Å². The van der Waals surface area contributed by atoms with Crippen LogP contribution in [0.15, 0.2) is 16.8 Å². The molecule has 2 rings (SSSR count). The number of hydrogen-bond donors (Lipinski definition) is 1. The first-order chi connectivity index (χ1) is 7.29. The van der Waals surface area contributed by atoms with Gasteiger partial charge in [-0.25, -0.2) is 0 Å². The molecule has 1 aromatic rings. The van der Waals surface area contributed by atoms with Gasteiger partial charge in [-0.2, -0.15) is 11.3 Å². The van der Waals surface area contributed by atoms with E-state index in [1.165, 1.54) is 12.0 Å². The van der Waals surface area contributed by atoms with Gasteiger partial charge in [0.05, 0.1) is 12.7 Å². The molecule has 1 fully saturated rings. The summed E-state index contributed by atoms with van der Waals surface area (Å²) < 4.78 is 5.63. The molecular formula is C12H19NOS. The summed E-state index contributed by atoms with van der Waals surface area (Å²) >= 11 is 1.78. The Bertz CT molecular complexity index is 286. The minimum atomic E-state index is 0.438. The lowest BCUT2D eigenvalue weighted by molar-refractivity contribution is 0.117. The van der Waals surface area contributed by atoms with Crippen LogP contribution in [0.5, 0.6) is 0 Å². The van der Waals surface area contributed by atoms with Gasteiger partial charge in [0.1, 0.15) is 0 Å². The number of ether oxygens (including phenoxy) is 1. The van der Waals surface area contributed by atoms with Crippen LogP contribution in [0.25, 0.3) is 0 Å². The zero-order valence-electron chi connectivity index (χ0n) is 9.40. The zero-order chi connectivity index (χ0) is 10.7. The quantitative estimate of drug-likeness (QED) is 0.849. The van der Waals surface area contributed by atoms with Crippen molar-refractivity contribution in [2.75, 3.05) is 13.7 Å². The Kier molecular flexibility index (Phi) is 3.78. The third-order valence-corrected chi connectivity index (χ3v) is 3.94. The Morgan fingerprint density at radius 2 is 2.53 bits per heavy atom. The SMILES string of the molecule is CNC(Cc1ccsc1)C1COC(C)C1. The second-order valence-corrected chi connectivity index (χ2v) is 5.15. The van der Waals surface area contributed by atoms with E-state index in [-0.39, 0.29) is 0 Å². The van der Waals surface area contributed by atoms with Crippen LogP contribution in [0.4, 0.5) is 0 Å². The molecule has 0 saturated carbocycles. The highest BCUT2D eigenvalue weighted by atomic mass is 32.1. The van der Waals surface area contributed by atoms with Gasteiger partial charge in [-0.15, -0.1) is 0 Å². The lowest BCUT2D eigenvalue weighted by Gasteiger charge is -2.21. The van der Waals surface area contributed by atoms with Crippen molar-refractivity contribution < 1.29 is 4.74 Å². The van der Waals surface area contributed by atoms with E-state index >= 15 is 0 Å². The van der Waals surface area contributed by atoms with Gasteiger partial charge >= 0.3 is 0 Å². The van der Waals surface area contributed by atoms with E-state index < -0.39 is 0 Å². The third kappa shape index (κ3) is 2.80. The Labute approximate surface area is 95.6 Å². The van der Waals surface area contributed by atoms with Crippen LogP contribution in [0.2, 0.25) is 0 Å². The van der Waals surface area contributed by atoms with Crippen LogP contribution in [-0.2, 0) is 11.2 Å².